The van der Waals surface area contributed by atoms with Crippen LogP contribution in [0, 0.1) is 6.92 Å². The number of aliphatic hydroxyl groups is 1. The summed E-state index contributed by atoms with van der Waals surface area (Å²) < 4.78 is 2.04. The first kappa shape index (κ1) is 13.0. The predicted octanol–water partition coefficient (Wildman–Crippen LogP) is 1.14. The Hall–Kier alpha value is -1.40. The van der Waals surface area contributed by atoms with Crippen molar-refractivity contribution in [2.75, 3.05) is 13.2 Å². The molecule has 0 bridgehead atoms. The molecule has 0 atom stereocenters. The molecule has 5 nitrogen and oxygen atoms in total. The maximum absolute atomic E-state index is 11.5. The maximum Gasteiger partial charge on any atom is 0.220 e. The van der Waals surface area contributed by atoms with Gasteiger partial charge in [-0.05, 0) is 19.8 Å². The highest BCUT2D eigenvalue weighted by molar-refractivity contribution is 7.15. The molecule has 0 unspecified atom stereocenters. The first-order valence-corrected chi connectivity index (χ1v) is 6.88. The summed E-state index contributed by atoms with van der Waals surface area (Å²) in [5.41, 5.74) is 2.11. The number of hydrogen-bond acceptors (Lipinski definition) is 4. The molecule has 2 aromatic heterocycles. The number of rotatable bonds is 6. The van der Waals surface area contributed by atoms with Crippen LogP contribution in [0.4, 0.5) is 0 Å². The fourth-order valence-electron chi connectivity index (χ4n) is 1.76. The minimum absolute atomic E-state index is 0.0274. The smallest absolute Gasteiger partial charge is 0.220 e. The van der Waals surface area contributed by atoms with Crippen LogP contribution in [0.5, 0.6) is 0 Å². The van der Waals surface area contributed by atoms with E-state index < -0.39 is 0 Å². The molecule has 2 rings (SSSR count). The summed E-state index contributed by atoms with van der Waals surface area (Å²) in [6.45, 7) is 2.61. The third kappa shape index (κ3) is 3.08. The van der Waals surface area contributed by atoms with Crippen LogP contribution in [-0.4, -0.2) is 33.6 Å². The zero-order chi connectivity index (χ0) is 13.0. The lowest BCUT2D eigenvalue weighted by Gasteiger charge is -2.03. The molecule has 0 spiro atoms. The molecular formula is C12H17N3O2S. The van der Waals surface area contributed by atoms with E-state index in [-0.39, 0.29) is 12.5 Å². The number of aromatic nitrogens is 2. The van der Waals surface area contributed by atoms with Crippen molar-refractivity contribution in [3.8, 4) is 0 Å². The van der Waals surface area contributed by atoms with Gasteiger partial charge in [0.05, 0.1) is 5.69 Å². The largest absolute Gasteiger partial charge is 0.396 e. The van der Waals surface area contributed by atoms with Gasteiger partial charge in [0, 0.05) is 36.8 Å². The van der Waals surface area contributed by atoms with Gasteiger partial charge in [-0.25, -0.2) is 4.98 Å². The van der Waals surface area contributed by atoms with Crippen molar-refractivity contribution in [3.05, 3.63) is 23.0 Å². The molecule has 0 aliphatic carbocycles. The Morgan fingerprint density at radius 1 is 1.61 bits per heavy atom. The van der Waals surface area contributed by atoms with E-state index in [9.17, 15) is 4.79 Å². The van der Waals surface area contributed by atoms with Gasteiger partial charge in [0.1, 0.15) is 0 Å². The van der Waals surface area contributed by atoms with Crippen LogP contribution in [0.2, 0.25) is 0 Å². The van der Waals surface area contributed by atoms with Crippen LogP contribution in [0.15, 0.2) is 11.6 Å². The minimum atomic E-state index is 0.0274. The summed E-state index contributed by atoms with van der Waals surface area (Å²) in [5, 5.41) is 13.4. The quantitative estimate of drug-likeness (QED) is 0.771. The zero-order valence-corrected chi connectivity index (χ0v) is 11.2. The van der Waals surface area contributed by atoms with E-state index in [2.05, 4.69) is 10.3 Å². The lowest BCUT2D eigenvalue weighted by molar-refractivity contribution is -0.121. The van der Waals surface area contributed by atoms with E-state index in [4.69, 9.17) is 5.11 Å². The first-order valence-electron chi connectivity index (χ1n) is 6.00. The summed E-state index contributed by atoms with van der Waals surface area (Å²) in [6.07, 6.45) is 3.77. The third-order valence-electron chi connectivity index (χ3n) is 2.67. The van der Waals surface area contributed by atoms with E-state index in [0.717, 1.165) is 16.3 Å². The Morgan fingerprint density at radius 2 is 2.44 bits per heavy atom. The number of amides is 1. The van der Waals surface area contributed by atoms with Gasteiger partial charge >= 0.3 is 0 Å². The van der Waals surface area contributed by atoms with Crippen LogP contribution >= 0.6 is 11.3 Å². The molecule has 0 aliphatic rings. The highest BCUT2D eigenvalue weighted by Crippen LogP contribution is 2.17. The van der Waals surface area contributed by atoms with Gasteiger partial charge in [-0.2, -0.15) is 0 Å². The Kier molecular flexibility index (Phi) is 4.33. The summed E-state index contributed by atoms with van der Waals surface area (Å²) in [5.74, 6) is 0.0274. The lowest BCUT2D eigenvalue weighted by atomic mass is 10.2. The summed E-state index contributed by atoms with van der Waals surface area (Å²) in [6, 6.07) is 0. The second-order valence-corrected chi connectivity index (χ2v) is 5.03. The molecule has 6 heteroatoms. The summed E-state index contributed by atoms with van der Waals surface area (Å²) in [7, 11) is 0. The molecule has 0 saturated carbocycles. The van der Waals surface area contributed by atoms with E-state index >= 15 is 0 Å². The average molecular weight is 267 g/mol. The Morgan fingerprint density at radius 3 is 3.22 bits per heavy atom. The van der Waals surface area contributed by atoms with E-state index in [1.165, 1.54) is 0 Å². The number of carbonyl (C=O) groups is 1. The molecule has 0 saturated heterocycles. The Balaban J connectivity index is 1.87. The SMILES string of the molecule is Cc1cn2c(CCC(=O)NCCCO)csc2n1. The first-order chi connectivity index (χ1) is 8.70. The van der Waals surface area contributed by atoms with Crippen LogP contribution in [0.1, 0.15) is 24.2 Å². The molecule has 2 heterocycles. The maximum atomic E-state index is 11.5. The van der Waals surface area contributed by atoms with Crippen molar-refractivity contribution in [1.29, 1.82) is 0 Å². The fourth-order valence-corrected chi connectivity index (χ4v) is 2.71. The number of imidazole rings is 1. The molecule has 0 fully saturated rings. The number of carbonyl (C=O) groups excluding carboxylic acids is 1. The molecule has 98 valence electrons. The highest BCUT2D eigenvalue weighted by Gasteiger charge is 2.08. The Labute approximate surface area is 109 Å². The number of aliphatic hydroxyl groups excluding tert-OH is 1. The minimum Gasteiger partial charge on any atom is -0.396 e. The second kappa shape index (κ2) is 5.97. The molecule has 0 aliphatic heterocycles. The molecule has 18 heavy (non-hydrogen) atoms. The van der Waals surface area contributed by atoms with Crippen LogP contribution in [0.25, 0.3) is 4.96 Å². The lowest BCUT2D eigenvalue weighted by Crippen LogP contribution is -2.25. The van der Waals surface area contributed by atoms with Crippen LogP contribution in [0.3, 0.4) is 0 Å². The van der Waals surface area contributed by atoms with E-state index in [0.29, 0.717) is 25.8 Å². The van der Waals surface area contributed by atoms with Crippen LogP contribution in [-0.2, 0) is 11.2 Å². The predicted molar refractivity (Wildman–Crippen MR) is 70.8 cm³/mol. The van der Waals surface area contributed by atoms with Crippen LogP contribution < -0.4 is 5.32 Å². The van der Waals surface area contributed by atoms with Gasteiger partial charge in [0.25, 0.3) is 0 Å². The van der Waals surface area contributed by atoms with Gasteiger partial charge < -0.3 is 10.4 Å². The van der Waals surface area contributed by atoms with Crippen molar-refractivity contribution in [2.45, 2.75) is 26.2 Å². The van der Waals surface area contributed by atoms with E-state index in [1.54, 1.807) is 11.3 Å². The molecule has 1 amide bonds. The molecule has 0 radical (unpaired) electrons. The number of aryl methyl sites for hydroxylation is 2. The Bertz CT molecular complexity index is 532. The van der Waals surface area contributed by atoms with Gasteiger partial charge in [-0.1, -0.05) is 0 Å². The normalized spacial score (nSPS) is 11.0. The second-order valence-electron chi connectivity index (χ2n) is 4.19. The van der Waals surface area contributed by atoms with Crippen molar-refractivity contribution < 1.29 is 9.90 Å². The average Bonchev–Trinajstić information content (AvgIpc) is 2.86. The topological polar surface area (TPSA) is 66.6 Å². The summed E-state index contributed by atoms with van der Waals surface area (Å²) >= 11 is 1.60. The van der Waals surface area contributed by atoms with Crippen molar-refractivity contribution in [1.82, 2.24) is 14.7 Å². The fraction of sp³-hybridized carbons (Fsp3) is 0.500. The highest BCUT2D eigenvalue weighted by atomic mass is 32.1. The van der Waals surface area contributed by atoms with Crippen molar-refractivity contribution >= 4 is 22.2 Å². The van der Waals surface area contributed by atoms with Gasteiger partial charge in [-0.15, -0.1) is 11.3 Å². The number of hydrogen-bond donors (Lipinski definition) is 2. The van der Waals surface area contributed by atoms with Gasteiger partial charge in [0.2, 0.25) is 5.91 Å². The molecule has 2 N–H and O–H groups in total. The summed E-state index contributed by atoms with van der Waals surface area (Å²) in [4.78, 5) is 16.9. The van der Waals surface area contributed by atoms with Crippen molar-refractivity contribution in [3.63, 3.8) is 0 Å². The zero-order valence-electron chi connectivity index (χ0n) is 10.3. The molecule has 0 aromatic carbocycles. The third-order valence-corrected chi connectivity index (χ3v) is 3.56. The van der Waals surface area contributed by atoms with Crippen molar-refractivity contribution in [2.24, 2.45) is 0 Å². The number of fused-ring (bicyclic) bond motifs is 1. The monoisotopic (exact) mass is 267 g/mol. The molecular weight excluding hydrogens is 250 g/mol. The van der Waals surface area contributed by atoms with E-state index in [1.807, 2.05) is 22.9 Å². The number of thiazole rings is 1. The number of nitrogens with zero attached hydrogens (tertiary/aromatic N) is 2. The van der Waals surface area contributed by atoms with Gasteiger partial charge in [0.15, 0.2) is 4.96 Å². The van der Waals surface area contributed by atoms with Gasteiger partial charge in [-0.3, -0.25) is 9.20 Å². The number of nitrogens with one attached hydrogen (secondary N) is 1. The molecule has 2 aromatic rings. The standard InChI is InChI=1S/C12H17N3O2S/c1-9-7-15-10(8-18-12(15)14-9)3-4-11(17)13-5-2-6-16/h7-8,16H,2-6H2,1H3,(H,13,17).